The molecule has 9 heavy (non-hydrogen) atoms. The summed E-state index contributed by atoms with van der Waals surface area (Å²) in [5.74, 6) is 0.0162. The average molecular weight is 171 g/mol. The number of hydrogen-bond donors (Lipinski definition) is 1. The van der Waals surface area contributed by atoms with Gasteiger partial charge in [0.1, 0.15) is 0 Å². The van der Waals surface area contributed by atoms with Crippen LogP contribution >= 0.6 is 11.6 Å². The van der Waals surface area contributed by atoms with Crippen LogP contribution in [0.4, 0.5) is 0 Å². The van der Waals surface area contributed by atoms with Crippen LogP contribution in [0.15, 0.2) is 0 Å². The van der Waals surface area contributed by atoms with Gasteiger partial charge in [-0.15, -0.1) is 11.6 Å². The van der Waals surface area contributed by atoms with Gasteiger partial charge >= 0.3 is 0 Å². The molecule has 3 nitrogen and oxygen atoms in total. The first-order valence-electron chi connectivity index (χ1n) is 2.58. The van der Waals surface area contributed by atoms with E-state index < -0.39 is 20.7 Å². The van der Waals surface area contributed by atoms with Crippen LogP contribution in [0.1, 0.15) is 6.42 Å². The zero-order chi connectivity index (χ0) is 7.07. The molecule has 1 aliphatic heterocycles. The second-order valence-electron chi connectivity index (χ2n) is 2.07. The van der Waals surface area contributed by atoms with Gasteiger partial charge in [-0.05, 0) is 6.42 Å². The Kier molecular flexibility index (Phi) is 1.71. The maximum atomic E-state index is 10.7. The van der Waals surface area contributed by atoms with Gasteiger partial charge in [0, 0.05) is 0 Å². The monoisotopic (exact) mass is 170 g/mol. The first-order chi connectivity index (χ1) is 4.04. The van der Waals surface area contributed by atoms with E-state index in [0.29, 0.717) is 0 Å². The summed E-state index contributed by atoms with van der Waals surface area (Å²) in [6.07, 6.45) is -0.590. The van der Waals surface area contributed by atoms with Crippen molar-refractivity contribution in [3.63, 3.8) is 0 Å². The molecule has 0 spiro atoms. The van der Waals surface area contributed by atoms with Gasteiger partial charge in [0.15, 0.2) is 14.5 Å². The summed E-state index contributed by atoms with van der Waals surface area (Å²) in [5.41, 5.74) is 0. The van der Waals surface area contributed by atoms with Gasteiger partial charge in [-0.3, -0.25) is 0 Å². The largest absolute Gasteiger partial charge is 0.390 e. The second-order valence-corrected chi connectivity index (χ2v) is 5.04. The minimum absolute atomic E-state index is 0.0162. The van der Waals surface area contributed by atoms with Gasteiger partial charge in [-0.2, -0.15) is 0 Å². The standard InChI is InChI=1S/C4H7ClO3S/c5-4-3(6)1-2-9(4,7)8/h3-4,6H,1-2H2/t3-,4+/m1/s1. The number of sulfone groups is 1. The molecule has 1 aliphatic rings. The summed E-state index contributed by atoms with van der Waals surface area (Å²) in [4.78, 5) is 0. The van der Waals surface area contributed by atoms with E-state index in [0.717, 1.165) is 0 Å². The van der Waals surface area contributed by atoms with E-state index in [2.05, 4.69) is 0 Å². The van der Waals surface area contributed by atoms with Crippen LogP contribution in [-0.4, -0.2) is 30.1 Å². The molecular formula is C4H7ClO3S. The first-order valence-corrected chi connectivity index (χ1v) is 4.73. The molecule has 0 aliphatic carbocycles. The van der Waals surface area contributed by atoms with Crippen LogP contribution in [0, 0.1) is 0 Å². The summed E-state index contributed by atoms with van der Waals surface area (Å²) in [6, 6.07) is 0. The summed E-state index contributed by atoms with van der Waals surface area (Å²) >= 11 is 5.32. The molecule has 0 unspecified atom stereocenters. The van der Waals surface area contributed by atoms with Gasteiger partial charge in [-0.1, -0.05) is 0 Å². The molecule has 0 aromatic heterocycles. The predicted octanol–water partition coefficient (Wildman–Crippen LogP) is -0.269. The molecule has 1 heterocycles. The lowest BCUT2D eigenvalue weighted by molar-refractivity contribution is 0.193. The third-order valence-corrected chi connectivity index (χ3v) is 4.25. The van der Waals surface area contributed by atoms with Crippen LogP contribution in [0.5, 0.6) is 0 Å². The third-order valence-electron chi connectivity index (χ3n) is 1.34. The van der Waals surface area contributed by atoms with Gasteiger partial charge in [0.05, 0.1) is 11.9 Å². The number of aliphatic hydroxyl groups excluding tert-OH is 1. The molecule has 1 saturated heterocycles. The highest BCUT2D eigenvalue weighted by atomic mass is 35.5. The predicted molar refractivity (Wildman–Crippen MR) is 34.1 cm³/mol. The number of halogens is 1. The van der Waals surface area contributed by atoms with E-state index in [9.17, 15) is 8.42 Å². The Balaban J connectivity index is 2.87. The minimum Gasteiger partial charge on any atom is -0.390 e. The van der Waals surface area contributed by atoms with E-state index in [1.807, 2.05) is 0 Å². The van der Waals surface area contributed by atoms with Crippen molar-refractivity contribution in [2.45, 2.75) is 17.2 Å². The van der Waals surface area contributed by atoms with Crippen LogP contribution in [0.3, 0.4) is 0 Å². The number of aliphatic hydroxyl groups is 1. The Morgan fingerprint density at radius 2 is 2.11 bits per heavy atom. The van der Waals surface area contributed by atoms with Gasteiger partial charge in [0.25, 0.3) is 0 Å². The highest BCUT2D eigenvalue weighted by molar-refractivity contribution is 7.93. The summed E-state index contributed by atoms with van der Waals surface area (Å²) in [5, 5.41) is 8.82. The maximum Gasteiger partial charge on any atom is 0.169 e. The molecule has 0 aromatic rings. The van der Waals surface area contributed by atoms with Crippen molar-refractivity contribution in [3.05, 3.63) is 0 Å². The molecule has 0 radical (unpaired) electrons. The molecule has 1 N–H and O–H groups in total. The Morgan fingerprint density at radius 3 is 2.22 bits per heavy atom. The maximum absolute atomic E-state index is 10.7. The quantitative estimate of drug-likeness (QED) is 0.510. The molecular weight excluding hydrogens is 164 g/mol. The highest BCUT2D eigenvalue weighted by Gasteiger charge is 2.37. The van der Waals surface area contributed by atoms with Crippen LogP contribution < -0.4 is 0 Å². The van der Waals surface area contributed by atoms with Crippen molar-refractivity contribution in [1.29, 1.82) is 0 Å². The molecule has 0 bridgehead atoms. The van der Waals surface area contributed by atoms with Gasteiger partial charge in [0.2, 0.25) is 0 Å². The summed E-state index contributed by atoms with van der Waals surface area (Å²) in [6.45, 7) is 0. The van der Waals surface area contributed by atoms with E-state index in [1.165, 1.54) is 0 Å². The molecule has 2 atom stereocenters. The van der Waals surface area contributed by atoms with E-state index in [4.69, 9.17) is 16.7 Å². The first kappa shape index (κ1) is 7.31. The lowest BCUT2D eigenvalue weighted by Crippen LogP contribution is -2.18. The van der Waals surface area contributed by atoms with Crippen molar-refractivity contribution < 1.29 is 13.5 Å². The number of hydrogen-bond acceptors (Lipinski definition) is 3. The van der Waals surface area contributed by atoms with Crippen molar-refractivity contribution >= 4 is 21.4 Å². The third kappa shape index (κ3) is 1.20. The molecule has 0 saturated carbocycles. The minimum atomic E-state index is -3.16. The Morgan fingerprint density at radius 1 is 1.56 bits per heavy atom. The molecule has 1 rings (SSSR count). The average Bonchev–Trinajstić information content (AvgIpc) is 1.97. The normalized spacial score (nSPS) is 41.1. The molecule has 1 fully saturated rings. The summed E-state index contributed by atoms with van der Waals surface area (Å²) in [7, 11) is -3.16. The lowest BCUT2D eigenvalue weighted by Gasteiger charge is -2.01. The molecule has 0 amide bonds. The fourth-order valence-corrected chi connectivity index (χ4v) is 2.57. The smallest absolute Gasteiger partial charge is 0.169 e. The van der Waals surface area contributed by atoms with Gasteiger partial charge in [-0.25, -0.2) is 8.42 Å². The zero-order valence-corrected chi connectivity index (χ0v) is 6.19. The fraction of sp³-hybridized carbons (Fsp3) is 1.00. The molecule has 0 aromatic carbocycles. The van der Waals surface area contributed by atoms with Crippen LogP contribution in [-0.2, 0) is 9.84 Å². The van der Waals surface area contributed by atoms with Crippen LogP contribution in [0.2, 0.25) is 0 Å². The lowest BCUT2D eigenvalue weighted by atomic mass is 10.3. The van der Waals surface area contributed by atoms with Crippen molar-refractivity contribution in [3.8, 4) is 0 Å². The highest BCUT2D eigenvalue weighted by Crippen LogP contribution is 2.23. The Bertz CT molecular complexity index is 198. The second kappa shape index (κ2) is 2.11. The van der Waals surface area contributed by atoms with E-state index in [-0.39, 0.29) is 12.2 Å². The van der Waals surface area contributed by atoms with Crippen molar-refractivity contribution in [2.24, 2.45) is 0 Å². The molecule has 54 valence electrons. The number of rotatable bonds is 0. The van der Waals surface area contributed by atoms with Crippen molar-refractivity contribution in [1.82, 2.24) is 0 Å². The summed E-state index contributed by atoms with van der Waals surface area (Å²) < 4.78 is 20.3. The van der Waals surface area contributed by atoms with Crippen LogP contribution in [0.25, 0.3) is 0 Å². The Labute approximate surface area is 58.6 Å². The molecule has 5 heteroatoms. The Hall–Kier alpha value is 0.200. The van der Waals surface area contributed by atoms with E-state index in [1.54, 1.807) is 0 Å². The van der Waals surface area contributed by atoms with Crippen molar-refractivity contribution in [2.75, 3.05) is 5.75 Å². The van der Waals surface area contributed by atoms with E-state index >= 15 is 0 Å². The SMILES string of the molecule is O=S1(=O)CC[C@@H](O)[C@H]1Cl. The van der Waals surface area contributed by atoms with Gasteiger partial charge < -0.3 is 5.11 Å². The topological polar surface area (TPSA) is 54.4 Å². The zero-order valence-electron chi connectivity index (χ0n) is 4.62. The fourth-order valence-electron chi connectivity index (χ4n) is 0.768. The number of alkyl halides is 1.